The van der Waals surface area contributed by atoms with E-state index < -0.39 is 0 Å². The zero-order valence-electron chi connectivity index (χ0n) is 11.9. The second-order valence-electron chi connectivity index (χ2n) is 5.58. The smallest absolute Gasteiger partial charge is 0.0613 e. The Morgan fingerprint density at radius 2 is 2.00 bits per heavy atom. The summed E-state index contributed by atoms with van der Waals surface area (Å²) in [5.41, 5.74) is 0. The van der Waals surface area contributed by atoms with Crippen molar-refractivity contribution in [2.24, 2.45) is 5.92 Å². The van der Waals surface area contributed by atoms with E-state index in [-0.39, 0.29) is 0 Å². The van der Waals surface area contributed by atoms with Gasteiger partial charge in [-0.2, -0.15) is 0 Å². The number of ether oxygens (including phenoxy) is 1. The van der Waals surface area contributed by atoms with Gasteiger partial charge in [-0.1, -0.05) is 19.3 Å². The quantitative estimate of drug-likeness (QED) is 0.705. The SMILES string of the molecule is COCC(C)NCCN(C)CC1CCCCC1. The van der Waals surface area contributed by atoms with Crippen LogP contribution in [0.4, 0.5) is 0 Å². The second-order valence-corrected chi connectivity index (χ2v) is 5.58. The Morgan fingerprint density at radius 1 is 1.29 bits per heavy atom. The molecule has 0 aromatic carbocycles. The highest BCUT2D eigenvalue weighted by molar-refractivity contribution is 4.70. The van der Waals surface area contributed by atoms with Crippen LogP contribution >= 0.6 is 0 Å². The molecule has 1 unspecified atom stereocenters. The Bertz CT molecular complexity index is 181. The van der Waals surface area contributed by atoms with E-state index in [1.54, 1.807) is 7.11 Å². The Morgan fingerprint density at radius 3 is 2.65 bits per heavy atom. The summed E-state index contributed by atoms with van der Waals surface area (Å²) in [7, 11) is 4.00. The third kappa shape index (κ3) is 7.02. The van der Waals surface area contributed by atoms with Gasteiger partial charge in [0.25, 0.3) is 0 Å². The van der Waals surface area contributed by atoms with Gasteiger partial charge in [0.1, 0.15) is 0 Å². The lowest BCUT2D eigenvalue weighted by atomic mass is 9.89. The standard InChI is InChI=1S/C14H30N2O/c1-13(12-17-3)15-9-10-16(2)11-14-7-5-4-6-8-14/h13-15H,4-12H2,1-3H3. The van der Waals surface area contributed by atoms with Gasteiger partial charge in [0, 0.05) is 32.8 Å². The minimum Gasteiger partial charge on any atom is -0.383 e. The molecule has 0 aliphatic heterocycles. The molecular formula is C14H30N2O. The van der Waals surface area contributed by atoms with Crippen molar-refractivity contribution in [1.29, 1.82) is 0 Å². The summed E-state index contributed by atoms with van der Waals surface area (Å²) in [4.78, 5) is 2.47. The number of rotatable bonds is 8. The summed E-state index contributed by atoms with van der Waals surface area (Å²) in [6.45, 7) is 6.45. The maximum Gasteiger partial charge on any atom is 0.0613 e. The van der Waals surface area contributed by atoms with Gasteiger partial charge in [-0.25, -0.2) is 0 Å². The number of likely N-dealkylation sites (N-methyl/N-ethyl adjacent to an activating group) is 1. The Balaban J connectivity index is 2.02. The van der Waals surface area contributed by atoms with Gasteiger partial charge < -0.3 is 15.0 Å². The van der Waals surface area contributed by atoms with Gasteiger partial charge in [0.2, 0.25) is 0 Å². The van der Waals surface area contributed by atoms with E-state index in [9.17, 15) is 0 Å². The molecule has 0 aromatic heterocycles. The molecule has 0 saturated heterocycles. The van der Waals surface area contributed by atoms with E-state index in [4.69, 9.17) is 4.74 Å². The van der Waals surface area contributed by atoms with Crippen molar-refractivity contribution < 1.29 is 4.74 Å². The molecule has 17 heavy (non-hydrogen) atoms. The minimum absolute atomic E-state index is 0.461. The molecule has 1 atom stereocenters. The first-order chi connectivity index (χ1) is 8.22. The number of nitrogens with zero attached hydrogens (tertiary/aromatic N) is 1. The molecule has 0 amide bonds. The molecule has 0 radical (unpaired) electrons. The van der Waals surface area contributed by atoms with Gasteiger partial charge in [-0.05, 0) is 32.7 Å². The first-order valence-corrected chi connectivity index (χ1v) is 7.13. The number of methoxy groups -OCH3 is 1. The van der Waals surface area contributed by atoms with Crippen molar-refractivity contribution in [3.8, 4) is 0 Å². The van der Waals surface area contributed by atoms with Gasteiger partial charge in [0.15, 0.2) is 0 Å². The molecule has 102 valence electrons. The van der Waals surface area contributed by atoms with E-state index in [0.717, 1.165) is 25.6 Å². The maximum atomic E-state index is 5.11. The molecule has 1 N–H and O–H groups in total. The zero-order chi connectivity index (χ0) is 12.5. The van der Waals surface area contributed by atoms with Crippen LogP contribution in [0.15, 0.2) is 0 Å². The summed E-state index contributed by atoms with van der Waals surface area (Å²) >= 11 is 0. The normalized spacial score (nSPS) is 19.8. The number of hydrogen-bond acceptors (Lipinski definition) is 3. The fourth-order valence-electron chi connectivity index (χ4n) is 2.71. The summed E-state index contributed by atoms with van der Waals surface area (Å²) in [6.07, 6.45) is 7.23. The van der Waals surface area contributed by atoms with Crippen molar-refractivity contribution in [1.82, 2.24) is 10.2 Å². The van der Waals surface area contributed by atoms with Crippen LogP contribution in [0.2, 0.25) is 0 Å². The van der Waals surface area contributed by atoms with Crippen molar-refractivity contribution >= 4 is 0 Å². The lowest BCUT2D eigenvalue weighted by molar-refractivity contribution is 0.168. The van der Waals surface area contributed by atoms with Crippen LogP contribution in [-0.2, 0) is 4.74 Å². The van der Waals surface area contributed by atoms with E-state index >= 15 is 0 Å². The molecule has 1 aliphatic carbocycles. The zero-order valence-corrected chi connectivity index (χ0v) is 11.9. The number of nitrogens with one attached hydrogen (secondary N) is 1. The third-order valence-electron chi connectivity index (χ3n) is 3.70. The molecule has 3 heteroatoms. The average molecular weight is 242 g/mol. The van der Waals surface area contributed by atoms with E-state index in [1.807, 2.05) is 0 Å². The highest BCUT2D eigenvalue weighted by Crippen LogP contribution is 2.23. The third-order valence-corrected chi connectivity index (χ3v) is 3.70. The van der Waals surface area contributed by atoms with Crippen molar-refractivity contribution in [3.63, 3.8) is 0 Å². The molecule has 0 aromatic rings. The van der Waals surface area contributed by atoms with Gasteiger partial charge >= 0.3 is 0 Å². The lowest BCUT2D eigenvalue weighted by Crippen LogP contribution is -2.38. The predicted molar refractivity (Wildman–Crippen MR) is 73.4 cm³/mol. The molecule has 3 nitrogen and oxygen atoms in total. The Kier molecular flexibility index (Phi) is 7.82. The molecule has 0 bridgehead atoms. The lowest BCUT2D eigenvalue weighted by Gasteiger charge is -2.27. The molecule has 1 aliphatic rings. The summed E-state index contributed by atoms with van der Waals surface area (Å²) in [5.74, 6) is 0.949. The van der Waals surface area contributed by atoms with Crippen LogP contribution in [0.1, 0.15) is 39.0 Å². The average Bonchev–Trinajstić information content (AvgIpc) is 2.30. The van der Waals surface area contributed by atoms with E-state index in [1.165, 1.54) is 38.6 Å². The van der Waals surface area contributed by atoms with Crippen LogP contribution in [0.3, 0.4) is 0 Å². The van der Waals surface area contributed by atoms with Crippen LogP contribution in [0.25, 0.3) is 0 Å². The maximum absolute atomic E-state index is 5.11. The summed E-state index contributed by atoms with van der Waals surface area (Å²) < 4.78 is 5.11. The van der Waals surface area contributed by atoms with Crippen LogP contribution in [0, 0.1) is 5.92 Å². The predicted octanol–water partition coefficient (Wildman–Crippen LogP) is 2.12. The highest BCUT2D eigenvalue weighted by Gasteiger charge is 2.15. The number of hydrogen-bond donors (Lipinski definition) is 1. The highest BCUT2D eigenvalue weighted by atomic mass is 16.5. The van der Waals surface area contributed by atoms with Crippen LogP contribution in [0.5, 0.6) is 0 Å². The fourth-order valence-corrected chi connectivity index (χ4v) is 2.71. The molecular weight excluding hydrogens is 212 g/mol. The largest absolute Gasteiger partial charge is 0.383 e. The van der Waals surface area contributed by atoms with E-state index in [2.05, 4.69) is 24.2 Å². The minimum atomic E-state index is 0.461. The fraction of sp³-hybridized carbons (Fsp3) is 1.00. The van der Waals surface area contributed by atoms with Crippen LogP contribution in [-0.4, -0.2) is 51.3 Å². The molecule has 1 rings (SSSR count). The molecule has 1 fully saturated rings. The molecule has 1 saturated carbocycles. The Hall–Kier alpha value is -0.120. The van der Waals surface area contributed by atoms with Gasteiger partial charge in [-0.3, -0.25) is 0 Å². The summed E-state index contributed by atoms with van der Waals surface area (Å²) in [6, 6.07) is 0.461. The van der Waals surface area contributed by atoms with E-state index in [0.29, 0.717) is 6.04 Å². The monoisotopic (exact) mass is 242 g/mol. The van der Waals surface area contributed by atoms with Gasteiger partial charge in [-0.15, -0.1) is 0 Å². The summed E-state index contributed by atoms with van der Waals surface area (Å²) in [5, 5.41) is 3.49. The second kappa shape index (κ2) is 8.90. The Labute approximate surface area is 107 Å². The molecule has 0 heterocycles. The van der Waals surface area contributed by atoms with Crippen molar-refractivity contribution in [2.45, 2.75) is 45.1 Å². The first kappa shape index (κ1) is 14.9. The molecule has 0 spiro atoms. The van der Waals surface area contributed by atoms with Gasteiger partial charge in [0.05, 0.1) is 6.61 Å². The topological polar surface area (TPSA) is 24.5 Å². The first-order valence-electron chi connectivity index (χ1n) is 7.13. The van der Waals surface area contributed by atoms with Crippen molar-refractivity contribution in [3.05, 3.63) is 0 Å². The van der Waals surface area contributed by atoms with Crippen LogP contribution < -0.4 is 5.32 Å². The van der Waals surface area contributed by atoms with Crippen molar-refractivity contribution in [2.75, 3.05) is 40.4 Å².